The lowest BCUT2D eigenvalue weighted by atomic mass is 9.59. The lowest BCUT2D eigenvalue weighted by Gasteiger charge is -2.51. The average molecular weight is 913 g/mol. The number of rotatable bonds is 10. The quantitative estimate of drug-likeness (QED) is 0.0916. The Balaban J connectivity index is 0.000000450. The number of alkyl halides is 15. The van der Waals surface area contributed by atoms with E-state index in [-0.39, 0.29) is 20.8 Å². The topological polar surface area (TPSA) is 224 Å². The van der Waals surface area contributed by atoms with E-state index in [9.17, 15) is 94.6 Å². The van der Waals surface area contributed by atoms with E-state index in [1.807, 2.05) is 0 Å². The molecule has 0 aromatic heterocycles. The minimum Gasteiger partial charge on any atom is -0.480 e. The van der Waals surface area contributed by atoms with Crippen molar-refractivity contribution in [2.24, 2.45) is 34.0 Å². The lowest BCUT2D eigenvalue weighted by Crippen LogP contribution is -2.73. The van der Waals surface area contributed by atoms with E-state index in [1.165, 1.54) is 0 Å². The summed E-state index contributed by atoms with van der Waals surface area (Å²) in [5.74, 6) is -50.2. The van der Waals surface area contributed by atoms with E-state index in [0.717, 1.165) is 20.8 Å². The van der Waals surface area contributed by atoms with Crippen molar-refractivity contribution in [2.75, 3.05) is 0 Å². The predicted molar refractivity (Wildman–Crippen MR) is 167 cm³/mol. The van der Waals surface area contributed by atoms with Crippen LogP contribution < -0.4 is 0 Å². The van der Waals surface area contributed by atoms with Crippen LogP contribution in [0.5, 0.6) is 0 Å². The normalized spacial score (nSPS) is 33.0. The SMILES string of the molecule is CC1CC(C(=O)O)(C(=O)O)C(F)(F)C(F)(C(C)(F)F)C1.CCC1CC(C(=O)O)(C(=O)O)C(F)(F)C(C)(F)C1(F)F.CCC1CC(C(=O)O)(C(=O)O)C(F)(F)C1(F)C(C)(F)F. The molecule has 0 aromatic carbocycles. The van der Waals surface area contributed by atoms with E-state index >= 15 is 0 Å². The summed E-state index contributed by atoms with van der Waals surface area (Å²) in [6, 6.07) is 0. The molecule has 0 amide bonds. The van der Waals surface area contributed by atoms with Crippen LogP contribution in [-0.2, 0) is 28.8 Å². The third-order valence-electron chi connectivity index (χ3n) is 11.8. The zero-order valence-electron chi connectivity index (χ0n) is 31.8. The fraction of sp³-hybridized carbons (Fsp3) is 0.818. The van der Waals surface area contributed by atoms with Gasteiger partial charge in [-0.05, 0) is 51.4 Å². The maximum atomic E-state index is 14.5. The summed E-state index contributed by atoms with van der Waals surface area (Å²) in [7, 11) is 0. The van der Waals surface area contributed by atoms with Crippen LogP contribution >= 0.6 is 0 Å². The minimum absolute atomic E-state index is 0.108. The second-order valence-corrected chi connectivity index (χ2v) is 15.3. The van der Waals surface area contributed by atoms with Gasteiger partial charge in [-0.25, -0.2) is 65.9 Å². The first-order chi connectivity index (χ1) is 26.3. The molecule has 3 rings (SSSR count). The first-order valence-electron chi connectivity index (χ1n) is 17.1. The maximum absolute atomic E-state index is 14.5. The summed E-state index contributed by atoms with van der Waals surface area (Å²) in [4.78, 5) is 66.1. The number of halogens is 15. The van der Waals surface area contributed by atoms with E-state index in [2.05, 4.69) is 0 Å². The standard InChI is InChI=1S/3C11H13F5O4/c1-5-3-9(6(17)18,7(19)20)11(15,16)10(14,4-5)8(2,12)13;1-3-5-4-9(6(17)18,7(19)20)11(15,16)10(5,14)8(2,12)13;1-3-5-4-9(6(17)18,7(19)20)11(15,16)8(2,12)10(5,13)14/h3*5H,3-4H2,1-2H3,(H,17,18)(H,19,20). The van der Waals surface area contributed by atoms with Gasteiger partial charge in [0.2, 0.25) is 33.3 Å². The maximum Gasteiger partial charge on any atom is 0.327 e. The Morgan fingerprint density at radius 1 is 0.500 bits per heavy atom. The van der Waals surface area contributed by atoms with Crippen LogP contribution in [0.15, 0.2) is 0 Å². The molecule has 3 fully saturated rings. The molecule has 12 nitrogen and oxygen atoms in total. The van der Waals surface area contributed by atoms with Gasteiger partial charge in [-0.3, -0.25) is 28.8 Å². The summed E-state index contributed by atoms with van der Waals surface area (Å²) in [5, 5.41) is 53.0. The Hall–Kier alpha value is -4.23. The minimum atomic E-state index is -5.27. The van der Waals surface area contributed by atoms with E-state index in [4.69, 9.17) is 30.6 Å². The largest absolute Gasteiger partial charge is 0.480 e. The zero-order valence-corrected chi connectivity index (χ0v) is 31.8. The van der Waals surface area contributed by atoms with E-state index in [1.54, 1.807) is 0 Å². The van der Waals surface area contributed by atoms with Crippen LogP contribution in [0.3, 0.4) is 0 Å². The summed E-state index contributed by atoms with van der Waals surface area (Å²) in [6.07, 6.45) is -6.49. The zero-order chi connectivity index (χ0) is 48.4. The molecule has 0 bridgehead atoms. The molecule has 6 N–H and O–H groups in total. The molecule has 3 aliphatic rings. The van der Waals surface area contributed by atoms with Crippen molar-refractivity contribution in [3.05, 3.63) is 0 Å². The van der Waals surface area contributed by atoms with Crippen LogP contribution in [0, 0.1) is 34.0 Å². The number of carboxylic acid groups (broad SMARTS) is 6. The molecule has 0 heterocycles. The smallest absolute Gasteiger partial charge is 0.327 e. The van der Waals surface area contributed by atoms with E-state index in [0.29, 0.717) is 0 Å². The Bertz CT molecular complexity index is 1660. The first kappa shape index (κ1) is 53.8. The van der Waals surface area contributed by atoms with Crippen LogP contribution in [-0.4, -0.2) is 119 Å². The Kier molecular flexibility index (Phi) is 14.0. The van der Waals surface area contributed by atoms with Crippen molar-refractivity contribution in [2.45, 2.75) is 133 Å². The Labute approximate surface area is 328 Å². The van der Waals surface area contributed by atoms with Crippen molar-refractivity contribution in [3.63, 3.8) is 0 Å². The van der Waals surface area contributed by atoms with Gasteiger partial charge in [0, 0.05) is 25.7 Å². The molecule has 0 aliphatic heterocycles. The summed E-state index contributed by atoms with van der Waals surface area (Å²) < 4.78 is 208. The molecule has 3 saturated carbocycles. The highest BCUT2D eigenvalue weighted by Crippen LogP contribution is 2.67. The molecule has 0 spiro atoms. The first-order valence-corrected chi connectivity index (χ1v) is 17.1. The van der Waals surface area contributed by atoms with Gasteiger partial charge in [-0.1, -0.05) is 20.8 Å². The van der Waals surface area contributed by atoms with Crippen molar-refractivity contribution >= 4 is 35.8 Å². The lowest BCUT2D eigenvalue weighted by molar-refractivity contribution is -0.325. The molecule has 0 saturated heterocycles. The fourth-order valence-corrected chi connectivity index (χ4v) is 8.01. The highest BCUT2D eigenvalue weighted by Gasteiger charge is 2.88. The predicted octanol–water partition coefficient (Wildman–Crippen LogP) is 7.71. The van der Waals surface area contributed by atoms with Crippen LogP contribution in [0.25, 0.3) is 0 Å². The van der Waals surface area contributed by atoms with Gasteiger partial charge in [-0.2, -0.15) is 0 Å². The van der Waals surface area contributed by atoms with E-state index < -0.39 is 161 Å². The van der Waals surface area contributed by atoms with Gasteiger partial charge in [0.05, 0.1) is 0 Å². The van der Waals surface area contributed by atoms with Crippen LogP contribution in [0.2, 0.25) is 0 Å². The third-order valence-corrected chi connectivity index (χ3v) is 11.8. The highest BCUT2D eigenvalue weighted by atomic mass is 19.3. The second kappa shape index (κ2) is 15.6. The van der Waals surface area contributed by atoms with Gasteiger partial charge in [-0.15, -0.1) is 0 Å². The van der Waals surface area contributed by atoms with Crippen LogP contribution in [0.1, 0.15) is 80.1 Å². The molecule has 6 unspecified atom stereocenters. The number of hydrogen-bond acceptors (Lipinski definition) is 6. The molecule has 0 radical (unpaired) electrons. The third kappa shape index (κ3) is 6.77. The van der Waals surface area contributed by atoms with Crippen molar-refractivity contribution in [3.8, 4) is 0 Å². The van der Waals surface area contributed by atoms with Gasteiger partial charge in [0.1, 0.15) is 0 Å². The number of carbonyl (C=O) groups is 6. The van der Waals surface area contributed by atoms with Crippen molar-refractivity contribution in [1.82, 2.24) is 0 Å². The van der Waals surface area contributed by atoms with Gasteiger partial charge in [0.25, 0.3) is 17.8 Å². The molecular weight excluding hydrogens is 873 g/mol. The molecule has 348 valence electrons. The molecule has 6 atom stereocenters. The fourth-order valence-electron chi connectivity index (χ4n) is 8.01. The van der Waals surface area contributed by atoms with Gasteiger partial charge < -0.3 is 30.6 Å². The average Bonchev–Trinajstić information content (AvgIpc) is 3.24. The molecule has 3 aliphatic carbocycles. The second-order valence-electron chi connectivity index (χ2n) is 15.3. The van der Waals surface area contributed by atoms with Gasteiger partial charge in [0.15, 0.2) is 0 Å². The molecule has 0 aromatic rings. The molecular formula is C33H39F15O12. The summed E-state index contributed by atoms with van der Waals surface area (Å²) in [6.45, 7) is 2.90. The monoisotopic (exact) mass is 912 g/mol. The van der Waals surface area contributed by atoms with Gasteiger partial charge >= 0.3 is 53.6 Å². The molecule has 27 heteroatoms. The number of hydrogen-bond donors (Lipinski definition) is 6. The Morgan fingerprint density at radius 2 is 0.800 bits per heavy atom. The van der Waals surface area contributed by atoms with Crippen molar-refractivity contribution in [1.29, 1.82) is 0 Å². The number of carboxylic acids is 6. The highest BCUT2D eigenvalue weighted by molar-refractivity contribution is 6.01. The molecule has 60 heavy (non-hydrogen) atoms. The Morgan fingerprint density at radius 3 is 1.07 bits per heavy atom. The van der Waals surface area contributed by atoms with Crippen LogP contribution in [0.4, 0.5) is 65.9 Å². The number of aliphatic carboxylic acids is 6. The summed E-state index contributed by atoms with van der Waals surface area (Å²) >= 11 is 0. The summed E-state index contributed by atoms with van der Waals surface area (Å²) in [5.41, 5.74) is -25.4. The van der Waals surface area contributed by atoms with Crippen molar-refractivity contribution < 1.29 is 125 Å².